The molecule has 6 nitrogen and oxygen atoms in total. The number of nitrogens with zero attached hydrogens (tertiary/aromatic N) is 3. The van der Waals surface area contributed by atoms with Crippen LogP contribution in [0.2, 0.25) is 0 Å². The lowest BCUT2D eigenvalue weighted by atomic mass is 9.84. The number of nitrogens with one attached hydrogen (secondary N) is 1. The van der Waals surface area contributed by atoms with Crippen LogP contribution in [0.1, 0.15) is 31.9 Å². The summed E-state index contributed by atoms with van der Waals surface area (Å²) >= 11 is 0. The van der Waals surface area contributed by atoms with Crippen molar-refractivity contribution in [2.45, 2.75) is 33.0 Å². The van der Waals surface area contributed by atoms with Crippen LogP contribution in [0.5, 0.6) is 0 Å². The Morgan fingerprint density at radius 2 is 0.815 bits per heavy atom. The highest BCUT2D eigenvalue weighted by molar-refractivity contribution is 6.32. The molecule has 54 heavy (non-hydrogen) atoms. The van der Waals surface area contributed by atoms with E-state index in [9.17, 15) is 0 Å². The van der Waals surface area contributed by atoms with E-state index in [1.165, 1.54) is 11.1 Å². The topological polar surface area (TPSA) is 71.3 Å². The van der Waals surface area contributed by atoms with Crippen LogP contribution in [0.4, 0.5) is 34.1 Å². The fourth-order valence-electron chi connectivity index (χ4n) is 6.76. The summed E-state index contributed by atoms with van der Waals surface area (Å²) < 4.78 is 0. The van der Waals surface area contributed by atoms with Crippen molar-refractivity contribution in [3.05, 3.63) is 193 Å². The van der Waals surface area contributed by atoms with Gasteiger partial charge in [-0.25, -0.2) is 0 Å². The van der Waals surface area contributed by atoms with Crippen LogP contribution in [0.3, 0.4) is 0 Å². The van der Waals surface area contributed by atoms with Crippen molar-refractivity contribution >= 4 is 51.0 Å². The van der Waals surface area contributed by atoms with Crippen molar-refractivity contribution in [3.8, 4) is 0 Å². The molecular weight excluding hydrogens is 665 g/mol. The third-order valence-corrected chi connectivity index (χ3v) is 8.98. The molecule has 3 N–H and O–H groups in total. The normalized spacial score (nSPS) is 15.5. The SMILES string of the molecule is CC1N=C2C(c3ccc(N(c4ccccc4)c4ccccc4)cc3)=CC=C(c3ccc(N(c4ccccc4)c4ccccc4)cc3)C2N1.CCO.CCO. The number of allylic oxidation sites excluding steroid dienone is 2. The van der Waals surface area contributed by atoms with Gasteiger partial charge in [0.1, 0.15) is 0 Å². The summed E-state index contributed by atoms with van der Waals surface area (Å²) in [5.41, 5.74) is 12.6. The molecule has 0 amide bonds. The van der Waals surface area contributed by atoms with E-state index in [0.717, 1.165) is 51.0 Å². The second-order valence-corrected chi connectivity index (χ2v) is 12.7. The quantitative estimate of drug-likeness (QED) is 0.147. The van der Waals surface area contributed by atoms with Gasteiger partial charge in [-0.1, -0.05) is 109 Å². The van der Waals surface area contributed by atoms with E-state index in [0.29, 0.717) is 0 Å². The number of aliphatic hydroxyl groups excluding tert-OH is 2. The Kier molecular flexibility index (Phi) is 13.0. The van der Waals surface area contributed by atoms with Gasteiger partial charge in [-0.2, -0.15) is 0 Å². The molecular formula is C48H48N4O2. The van der Waals surface area contributed by atoms with Gasteiger partial charge >= 0.3 is 0 Å². The fourth-order valence-corrected chi connectivity index (χ4v) is 6.76. The molecule has 2 aliphatic rings. The number of aliphatic hydroxyl groups is 2. The highest BCUT2D eigenvalue weighted by Gasteiger charge is 2.33. The van der Waals surface area contributed by atoms with Gasteiger partial charge in [0.25, 0.3) is 0 Å². The minimum absolute atomic E-state index is 0.0232. The Bertz CT molecular complexity index is 2050. The predicted octanol–water partition coefficient (Wildman–Crippen LogP) is 10.9. The van der Waals surface area contributed by atoms with Crippen LogP contribution >= 0.6 is 0 Å². The van der Waals surface area contributed by atoms with E-state index in [-0.39, 0.29) is 25.4 Å². The largest absolute Gasteiger partial charge is 0.397 e. The van der Waals surface area contributed by atoms with Crippen LogP contribution in [-0.2, 0) is 0 Å². The number of aliphatic imine (C=N–C) groups is 1. The highest BCUT2D eigenvalue weighted by atomic mass is 16.3. The van der Waals surface area contributed by atoms with Crippen LogP contribution in [-0.4, -0.2) is 41.3 Å². The summed E-state index contributed by atoms with van der Waals surface area (Å²) in [6, 6.07) is 59.9. The van der Waals surface area contributed by atoms with E-state index >= 15 is 0 Å². The average molecular weight is 713 g/mol. The first-order valence-electron chi connectivity index (χ1n) is 18.5. The molecule has 6 aromatic rings. The van der Waals surface area contributed by atoms with Crippen molar-refractivity contribution in [1.82, 2.24) is 5.32 Å². The number of rotatable bonds is 8. The van der Waals surface area contributed by atoms with Crippen LogP contribution in [0, 0.1) is 0 Å². The lowest BCUT2D eigenvalue weighted by Gasteiger charge is -2.27. The number of hydrogen-bond donors (Lipinski definition) is 3. The fraction of sp³-hybridized carbons (Fsp3) is 0.146. The first kappa shape index (κ1) is 37.7. The summed E-state index contributed by atoms with van der Waals surface area (Å²) in [5, 5.41) is 18.9. The Labute approximate surface area is 319 Å². The minimum atomic E-state index is 0.0232. The maximum Gasteiger partial charge on any atom is 0.0977 e. The van der Waals surface area contributed by atoms with Gasteiger partial charge in [0.05, 0.1) is 17.9 Å². The smallest absolute Gasteiger partial charge is 0.0977 e. The van der Waals surface area contributed by atoms with Crippen molar-refractivity contribution in [3.63, 3.8) is 0 Å². The standard InChI is InChI=1S/C44H36N4.2C2H6O/c1-32-45-43-41(33-22-26-39(27-23-33)47(35-14-6-2-7-15-35)36-16-8-3-9-17-36)30-31-42(44(43)46-32)34-24-28-40(29-25-34)48(37-18-10-4-11-19-37)38-20-12-5-13-21-38;2*1-2-3/h2-32,43,45H,1H3;2*3H,2H2,1H3. The molecule has 0 saturated carbocycles. The van der Waals surface area contributed by atoms with Crippen LogP contribution < -0.4 is 15.1 Å². The molecule has 0 radical (unpaired) electrons. The summed E-state index contributed by atoms with van der Waals surface area (Å²) in [6.45, 7) is 5.99. The third-order valence-electron chi connectivity index (χ3n) is 8.98. The highest BCUT2D eigenvalue weighted by Crippen LogP contribution is 2.39. The van der Waals surface area contributed by atoms with Crippen molar-refractivity contribution < 1.29 is 10.2 Å². The molecule has 2 unspecified atom stereocenters. The molecule has 0 fully saturated rings. The Hall–Kier alpha value is -6.05. The number of benzene rings is 6. The molecule has 0 aromatic heterocycles. The molecule has 1 heterocycles. The van der Waals surface area contributed by atoms with E-state index in [2.05, 4.69) is 204 Å². The first-order valence-corrected chi connectivity index (χ1v) is 18.5. The Balaban J connectivity index is 0.000000779. The molecule has 2 atom stereocenters. The number of para-hydroxylation sites is 4. The van der Waals surface area contributed by atoms with Crippen molar-refractivity contribution in [2.75, 3.05) is 23.0 Å². The Morgan fingerprint density at radius 1 is 0.481 bits per heavy atom. The van der Waals surface area contributed by atoms with Crippen LogP contribution in [0.15, 0.2) is 187 Å². The number of hydrogen-bond acceptors (Lipinski definition) is 6. The predicted molar refractivity (Wildman–Crippen MR) is 228 cm³/mol. The summed E-state index contributed by atoms with van der Waals surface area (Å²) in [6.07, 6.45) is 4.53. The van der Waals surface area contributed by atoms with Gasteiger partial charge in [0, 0.05) is 52.9 Å². The first-order chi connectivity index (χ1) is 26.6. The van der Waals surface area contributed by atoms with Gasteiger partial charge in [-0.05, 0) is 110 Å². The van der Waals surface area contributed by atoms with E-state index < -0.39 is 0 Å². The molecule has 6 aromatic carbocycles. The van der Waals surface area contributed by atoms with Crippen LogP contribution in [0.25, 0.3) is 11.1 Å². The average Bonchev–Trinajstić information content (AvgIpc) is 3.62. The van der Waals surface area contributed by atoms with Crippen molar-refractivity contribution in [1.29, 1.82) is 0 Å². The summed E-state index contributed by atoms with van der Waals surface area (Å²) in [4.78, 5) is 9.68. The lowest BCUT2D eigenvalue weighted by molar-refractivity contribution is 0.318. The van der Waals surface area contributed by atoms with Gasteiger partial charge in [0.2, 0.25) is 0 Å². The molecule has 0 spiro atoms. The third kappa shape index (κ3) is 8.76. The second-order valence-electron chi connectivity index (χ2n) is 12.7. The molecule has 272 valence electrons. The van der Waals surface area contributed by atoms with E-state index in [1.807, 2.05) is 0 Å². The molecule has 6 heteroatoms. The van der Waals surface area contributed by atoms with Gasteiger partial charge in [-0.15, -0.1) is 0 Å². The monoisotopic (exact) mass is 712 g/mol. The molecule has 8 rings (SSSR count). The zero-order valence-corrected chi connectivity index (χ0v) is 31.1. The van der Waals surface area contributed by atoms with E-state index in [1.54, 1.807) is 13.8 Å². The van der Waals surface area contributed by atoms with Crippen molar-refractivity contribution in [2.24, 2.45) is 4.99 Å². The zero-order chi connectivity index (χ0) is 37.7. The number of fused-ring (bicyclic) bond motifs is 1. The maximum absolute atomic E-state index is 7.57. The van der Waals surface area contributed by atoms with E-state index in [4.69, 9.17) is 15.2 Å². The van der Waals surface area contributed by atoms with Gasteiger partial charge in [-0.3, -0.25) is 10.3 Å². The minimum Gasteiger partial charge on any atom is -0.397 e. The lowest BCUT2D eigenvalue weighted by Crippen LogP contribution is -2.36. The summed E-state index contributed by atoms with van der Waals surface area (Å²) in [7, 11) is 0. The zero-order valence-electron chi connectivity index (χ0n) is 31.1. The molecule has 0 bridgehead atoms. The maximum atomic E-state index is 7.57. The summed E-state index contributed by atoms with van der Waals surface area (Å²) in [5.74, 6) is 0. The Morgan fingerprint density at radius 3 is 1.19 bits per heavy atom. The molecule has 1 aliphatic heterocycles. The van der Waals surface area contributed by atoms with Gasteiger partial charge in [0.15, 0.2) is 0 Å². The number of anilines is 6. The molecule has 0 saturated heterocycles. The van der Waals surface area contributed by atoms with Gasteiger partial charge < -0.3 is 20.0 Å². The second kappa shape index (κ2) is 18.6. The molecule has 1 aliphatic carbocycles.